The molecule has 0 aromatic heterocycles. The van der Waals surface area contributed by atoms with Crippen LogP contribution in [-0.4, -0.2) is 0 Å². The van der Waals surface area contributed by atoms with E-state index in [-0.39, 0.29) is 0 Å². The number of unbranched alkanes of at least 4 members (excludes halogenated alkanes) is 5. The monoisotopic (exact) mass is 368 g/mol. The Morgan fingerprint density at radius 2 is 1.59 bits per heavy atom. The fourth-order valence-electron chi connectivity index (χ4n) is 4.74. The van der Waals surface area contributed by atoms with Crippen molar-refractivity contribution < 1.29 is 0 Å². The van der Waals surface area contributed by atoms with Gasteiger partial charge in [-0.15, -0.1) is 0 Å². The molecule has 0 heteroatoms. The molecule has 0 spiro atoms. The van der Waals surface area contributed by atoms with Crippen molar-refractivity contribution in [3.8, 4) is 0 Å². The van der Waals surface area contributed by atoms with Crippen molar-refractivity contribution in [1.29, 1.82) is 0 Å². The Bertz CT molecular complexity index is 498. The van der Waals surface area contributed by atoms with Crippen molar-refractivity contribution in [2.75, 3.05) is 0 Å². The van der Waals surface area contributed by atoms with Crippen LogP contribution in [0.5, 0.6) is 0 Å². The van der Waals surface area contributed by atoms with Gasteiger partial charge >= 0.3 is 0 Å². The predicted octanol–water partition coefficient (Wildman–Crippen LogP) is 8.90. The van der Waals surface area contributed by atoms with Gasteiger partial charge in [-0.1, -0.05) is 107 Å². The molecule has 0 aliphatic heterocycles. The first-order valence-electron chi connectivity index (χ1n) is 12.1. The summed E-state index contributed by atoms with van der Waals surface area (Å²) >= 11 is 0. The highest BCUT2D eigenvalue weighted by Gasteiger charge is 2.20. The van der Waals surface area contributed by atoms with Crippen LogP contribution in [0.2, 0.25) is 0 Å². The van der Waals surface area contributed by atoms with E-state index in [4.69, 9.17) is 0 Å². The molecule has 0 nitrogen and oxygen atoms in total. The lowest BCUT2D eigenvalue weighted by atomic mass is 9.78. The molecule has 0 amide bonds. The van der Waals surface area contributed by atoms with Crippen LogP contribution in [-0.2, 0) is 6.42 Å². The molecule has 1 aromatic rings. The van der Waals surface area contributed by atoms with Crippen LogP contribution in [0.3, 0.4) is 0 Å². The predicted molar refractivity (Wildman–Crippen MR) is 121 cm³/mol. The van der Waals surface area contributed by atoms with Gasteiger partial charge < -0.3 is 0 Å². The standard InChI is InChI=1S/C27H44/c1-3-5-7-8-10-16-25-20-22-27(23-21-25)26(18-6-4-2)19-13-17-24-14-11-9-12-15-24/h9,11-12,14-15,22,25-26H,3-8,10,13,16-21,23H2,1-2H3. The van der Waals surface area contributed by atoms with E-state index in [0.717, 1.165) is 11.8 Å². The molecule has 0 bridgehead atoms. The SMILES string of the molecule is CCCCCCCC1CC=C(C(CCCC)CCCc2ccccc2)CC1. The lowest BCUT2D eigenvalue weighted by Crippen LogP contribution is -2.13. The summed E-state index contributed by atoms with van der Waals surface area (Å²) in [5.74, 6) is 1.84. The molecule has 0 N–H and O–H groups in total. The van der Waals surface area contributed by atoms with Crippen LogP contribution in [0.25, 0.3) is 0 Å². The van der Waals surface area contributed by atoms with Gasteiger partial charge in [-0.3, -0.25) is 0 Å². The summed E-state index contributed by atoms with van der Waals surface area (Å²) in [5.41, 5.74) is 3.33. The molecule has 2 rings (SSSR count). The van der Waals surface area contributed by atoms with Crippen LogP contribution in [0.15, 0.2) is 42.0 Å². The molecule has 27 heavy (non-hydrogen) atoms. The van der Waals surface area contributed by atoms with Gasteiger partial charge in [0.2, 0.25) is 0 Å². The second-order valence-electron chi connectivity index (χ2n) is 8.84. The minimum atomic E-state index is 0.860. The van der Waals surface area contributed by atoms with Crippen LogP contribution >= 0.6 is 0 Å². The number of hydrogen-bond acceptors (Lipinski definition) is 0. The molecule has 152 valence electrons. The Hall–Kier alpha value is -1.04. The molecule has 0 saturated heterocycles. The van der Waals surface area contributed by atoms with Gasteiger partial charge in [0.25, 0.3) is 0 Å². The summed E-state index contributed by atoms with van der Waals surface area (Å²) in [5, 5.41) is 0. The lowest BCUT2D eigenvalue weighted by molar-refractivity contribution is 0.382. The third kappa shape index (κ3) is 9.13. The van der Waals surface area contributed by atoms with E-state index in [1.165, 1.54) is 102 Å². The van der Waals surface area contributed by atoms with Crippen molar-refractivity contribution >= 4 is 0 Å². The smallest absolute Gasteiger partial charge is 0.0203 e. The number of allylic oxidation sites excluding steroid dienone is 2. The normalized spacial score (nSPS) is 18.3. The first-order chi connectivity index (χ1) is 13.3. The second kappa shape index (κ2) is 14.0. The van der Waals surface area contributed by atoms with Crippen molar-refractivity contribution in [2.24, 2.45) is 11.8 Å². The Balaban J connectivity index is 1.74. The summed E-state index contributed by atoms with van der Waals surface area (Å²) in [4.78, 5) is 0. The summed E-state index contributed by atoms with van der Waals surface area (Å²) in [6.07, 6.45) is 23.6. The molecule has 2 atom stereocenters. The quantitative estimate of drug-likeness (QED) is 0.227. The highest BCUT2D eigenvalue weighted by Crippen LogP contribution is 2.35. The van der Waals surface area contributed by atoms with E-state index in [9.17, 15) is 0 Å². The van der Waals surface area contributed by atoms with Gasteiger partial charge in [-0.05, 0) is 62.3 Å². The van der Waals surface area contributed by atoms with Gasteiger partial charge in [0.05, 0.1) is 0 Å². The molecule has 0 fully saturated rings. The average Bonchev–Trinajstić information content (AvgIpc) is 2.72. The lowest BCUT2D eigenvalue weighted by Gasteiger charge is -2.27. The largest absolute Gasteiger partial charge is 0.0848 e. The first kappa shape index (κ1) is 22.3. The van der Waals surface area contributed by atoms with Crippen LogP contribution in [0, 0.1) is 11.8 Å². The number of rotatable bonds is 14. The molecule has 0 saturated carbocycles. The van der Waals surface area contributed by atoms with E-state index in [1.807, 2.05) is 5.57 Å². The number of hydrogen-bond donors (Lipinski definition) is 0. The van der Waals surface area contributed by atoms with Gasteiger partial charge in [-0.2, -0.15) is 0 Å². The van der Waals surface area contributed by atoms with Gasteiger partial charge in [-0.25, -0.2) is 0 Å². The maximum atomic E-state index is 2.67. The zero-order valence-corrected chi connectivity index (χ0v) is 18.2. The molecular weight excluding hydrogens is 324 g/mol. The molecule has 1 aliphatic carbocycles. The van der Waals surface area contributed by atoms with E-state index in [1.54, 1.807) is 0 Å². The highest BCUT2D eigenvalue weighted by molar-refractivity contribution is 5.15. The summed E-state index contributed by atoms with van der Waals surface area (Å²) in [7, 11) is 0. The van der Waals surface area contributed by atoms with Crippen LogP contribution < -0.4 is 0 Å². The molecule has 0 heterocycles. The van der Waals surface area contributed by atoms with Crippen molar-refractivity contribution in [2.45, 2.75) is 110 Å². The van der Waals surface area contributed by atoms with Gasteiger partial charge in [0, 0.05) is 0 Å². The molecule has 2 unspecified atom stereocenters. The third-order valence-electron chi connectivity index (χ3n) is 6.56. The second-order valence-corrected chi connectivity index (χ2v) is 8.84. The zero-order valence-electron chi connectivity index (χ0n) is 18.2. The number of aryl methyl sites for hydroxylation is 1. The van der Waals surface area contributed by atoms with Crippen LogP contribution in [0.4, 0.5) is 0 Å². The minimum absolute atomic E-state index is 0.860. The Labute approximate surface area is 169 Å². The average molecular weight is 369 g/mol. The molecule has 0 radical (unpaired) electrons. The van der Waals surface area contributed by atoms with Crippen LogP contribution in [0.1, 0.15) is 109 Å². The fourth-order valence-corrected chi connectivity index (χ4v) is 4.74. The van der Waals surface area contributed by atoms with Crippen molar-refractivity contribution in [1.82, 2.24) is 0 Å². The third-order valence-corrected chi connectivity index (χ3v) is 6.56. The molecule has 1 aromatic carbocycles. The highest BCUT2D eigenvalue weighted by atomic mass is 14.3. The van der Waals surface area contributed by atoms with E-state index in [2.05, 4.69) is 50.3 Å². The fraction of sp³-hybridized carbons (Fsp3) is 0.704. The zero-order chi connectivity index (χ0) is 19.2. The minimum Gasteiger partial charge on any atom is -0.0848 e. The van der Waals surface area contributed by atoms with Gasteiger partial charge in [0.15, 0.2) is 0 Å². The van der Waals surface area contributed by atoms with Gasteiger partial charge in [0.1, 0.15) is 0 Å². The maximum Gasteiger partial charge on any atom is -0.0203 e. The molecular formula is C27H44. The number of benzene rings is 1. The Morgan fingerprint density at radius 3 is 2.30 bits per heavy atom. The Kier molecular flexibility index (Phi) is 11.6. The summed E-state index contributed by atoms with van der Waals surface area (Å²) < 4.78 is 0. The van der Waals surface area contributed by atoms with Crippen molar-refractivity contribution in [3.63, 3.8) is 0 Å². The van der Waals surface area contributed by atoms with E-state index in [0.29, 0.717) is 0 Å². The van der Waals surface area contributed by atoms with E-state index < -0.39 is 0 Å². The topological polar surface area (TPSA) is 0 Å². The molecule has 1 aliphatic rings. The maximum absolute atomic E-state index is 2.67. The van der Waals surface area contributed by atoms with Crippen molar-refractivity contribution in [3.05, 3.63) is 47.5 Å². The first-order valence-corrected chi connectivity index (χ1v) is 12.1. The summed E-state index contributed by atoms with van der Waals surface area (Å²) in [6.45, 7) is 4.65. The Morgan fingerprint density at radius 1 is 0.852 bits per heavy atom. The van der Waals surface area contributed by atoms with E-state index >= 15 is 0 Å². The summed E-state index contributed by atoms with van der Waals surface area (Å²) in [6, 6.07) is 11.0.